The maximum Gasteiger partial charge on any atom is 0.258 e. The summed E-state index contributed by atoms with van der Waals surface area (Å²) in [5.41, 5.74) is 1.77. The van der Waals surface area contributed by atoms with Gasteiger partial charge in [0.15, 0.2) is 5.11 Å². The van der Waals surface area contributed by atoms with Crippen LogP contribution in [0.3, 0.4) is 0 Å². The van der Waals surface area contributed by atoms with Gasteiger partial charge >= 0.3 is 0 Å². The fourth-order valence-corrected chi connectivity index (χ4v) is 4.83. The Morgan fingerprint density at radius 1 is 1.12 bits per heavy atom. The van der Waals surface area contributed by atoms with Crippen LogP contribution in [-0.4, -0.2) is 33.6 Å². The maximum absolute atomic E-state index is 12.5. The van der Waals surface area contributed by atoms with Gasteiger partial charge in [-0.05, 0) is 65.3 Å². The number of nitrogens with one attached hydrogen (secondary N) is 1. The van der Waals surface area contributed by atoms with Gasteiger partial charge in [-0.3, -0.25) is 14.9 Å². The van der Waals surface area contributed by atoms with E-state index < -0.39 is 0 Å². The topological polar surface area (TPSA) is 54.3 Å². The van der Waals surface area contributed by atoms with E-state index in [2.05, 4.69) is 32.8 Å². The molecule has 2 atom stereocenters. The van der Waals surface area contributed by atoms with Crippen LogP contribution >= 0.6 is 34.8 Å². The van der Waals surface area contributed by atoms with Crippen LogP contribution in [-0.2, 0) is 6.54 Å². The van der Waals surface area contributed by atoms with E-state index in [4.69, 9.17) is 12.2 Å². The second kappa shape index (κ2) is 7.11. The molecule has 7 heteroatoms. The van der Waals surface area contributed by atoms with Crippen LogP contribution in [0.1, 0.15) is 28.4 Å². The number of nitrogens with zero attached hydrogens (tertiary/aromatic N) is 2. The molecule has 5 nitrogen and oxygen atoms in total. The summed E-state index contributed by atoms with van der Waals surface area (Å²) in [6.07, 6.45) is 1.06. The lowest BCUT2D eigenvalue weighted by molar-refractivity contribution is 0.0967. The average molecular weight is 479 g/mol. The Kier molecular flexibility index (Phi) is 4.83. The molecule has 2 bridgehead atoms. The minimum atomic E-state index is -0.174. The second-order valence-corrected chi connectivity index (χ2v) is 8.39. The van der Waals surface area contributed by atoms with Gasteiger partial charge in [0.1, 0.15) is 0 Å². The number of pyridine rings is 1. The summed E-state index contributed by atoms with van der Waals surface area (Å²) in [5.74, 6) is 0.462. The van der Waals surface area contributed by atoms with Crippen molar-refractivity contribution < 1.29 is 4.79 Å². The minimum absolute atomic E-state index is 0.0696. The summed E-state index contributed by atoms with van der Waals surface area (Å²) < 4.78 is 2.79. The number of amides is 1. The van der Waals surface area contributed by atoms with Gasteiger partial charge in [0.05, 0.1) is 5.56 Å². The fraction of sp³-hybridized carbons (Fsp3) is 0.316. The van der Waals surface area contributed by atoms with Crippen LogP contribution in [0.2, 0.25) is 0 Å². The Bertz CT molecular complexity index is 942. The van der Waals surface area contributed by atoms with Crippen molar-refractivity contribution in [1.29, 1.82) is 0 Å². The highest BCUT2D eigenvalue weighted by Gasteiger charge is 2.35. The van der Waals surface area contributed by atoms with E-state index >= 15 is 0 Å². The van der Waals surface area contributed by atoms with Gasteiger partial charge in [0.2, 0.25) is 0 Å². The van der Waals surface area contributed by atoms with Crippen molar-refractivity contribution in [3.05, 3.63) is 67.6 Å². The second-order valence-electron chi connectivity index (χ2n) is 6.84. The smallest absolute Gasteiger partial charge is 0.258 e. The fourth-order valence-electron chi connectivity index (χ4n) is 3.95. The number of halogens is 1. The molecule has 0 radical (unpaired) electrons. The van der Waals surface area contributed by atoms with Crippen LogP contribution in [0.4, 0.5) is 0 Å². The Balaban J connectivity index is 1.50. The van der Waals surface area contributed by atoms with Crippen molar-refractivity contribution in [2.75, 3.05) is 13.1 Å². The molecule has 2 aliphatic rings. The van der Waals surface area contributed by atoms with Crippen molar-refractivity contribution in [2.24, 2.45) is 5.92 Å². The SMILES string of the molecule is O=C(NC(=S)N1CC2CC(C1)c1cccc(=O)n1C2)c1ccccc1I. The van der Waals surface area contributed by atoms with E-state index in [0.717, 1.165) is 35.3 Å². The third kappa shape index (κ3) is 3.29. The number of carbonyl (C=O) groups is 1. The molecule has 2 aliphatic heterocycles. The number of fused-ring (bicyclic) bond motifs is 4. The summed E-state index contributed by atoms with van der Waals surface area (Å²) in [6.45, 7) is 2.21. The van der Waals surface area contributed by atoms with Crippen LogP contribution in [0.5, 0.6) is 0 Å². The molecule has 1 N–H and O–H groups in total. The van der Waals surface area contributed by atoms with Gasteiger partial charge in [-0.1, -0.05) is 18.2 Å². The molecule has 1 aromatic heterocycles. The first-order chi connectivity index (χ1) is 12.5. The average Bonchev–Trinajstić information content (AvgIpc) is 2.63. The largest absolute Gasteiger partial charge is 0.348 e. The summed E-state index contributed by atoms with van der Waals surface area (Å²) in [5, 5.41) is 3.35. The zero-order chi connectivity index (χ0) is 18.3. The van der Waals surface area contributed by atoms with E-state index in [1.807, 2.05) is 34.9 Å². The maximum atomic E-state index is 12.5. The lowest BCUT2D eigenvalue weighted by Gasteiger charge is -2.43. The standard InChI is InChI=1S/C19H18IN3O2S/c20-15-5-2-1-4-14(15)18(25)21-19(26)22-9-12-8-13(11-22)16-6-3-7-17(24)23(16)10-12/h1-7,12-13H,8-11H2,(H,21,25,26). The van der Waals surface area contributed by atoms with Crippen molar-refractivity contribution in [1.82, 2.24) is 14.8 Å². The molecule has 1 aromatic carbocycles. The number of thiocarbonyl (C=S) groups is 1. The highest BCUT2D eigenvalue weighted by Crippen LogP contribution is 2.34. The Morgan fingerprint density at radius 3 is 2.73 bits per heavy atom. The summed E-state index contributed by atoms with van der Waals surface area (Å²) >= 11 is 7.67. The molecule has 1 amide bonds. The van der Waals surface area contributed by atoms with Crippen LogP contribution in [0, 0.1) is 9.49 Å². The monoisotopic (exact) mass is 479 g/mol. The van der Waals surface area contributed by atoms with Crippen molar-refractivity contribution in [3.8, 4) is 0 Å². The first-order valence-electron chi connectivity index (χ1n) is 8.57. The highest BCUT2D eigenvalue weighted by molar-refractivity contribution is 14.1. The summed E-state index contributed by atoms with van der Waals surface area (Å²) in [6, 6.07) is 12.9. The minimum Gasteiger partial charge on any atom is -0.348 e. The number of piperidine rings is 1. The van der Waals surface area contributed by atoms with Gasteiger partial charge in [-0.2, -0.15) is 0 Å². The van der Waals surface area contributed by atoms with Crippen molar-refractivity contribution in [2.45, 2.75) is 18.9 Å². The number of likely N-dealkylation sites (tertiary alicyclic amines) is 1. The molecule has 1 fully saturated rings. The van der Waals surface area contributed by atoms with E-state index in [1.165, 1.54) is 0 Å². The highest BCUT2D eigenvalue weighted by atomic mass is 127. The van der Waals surface area contributed by atoms with Crippen LogP contribution < -0.4 is 10.9 Å². The van der Waals surface area contributed by atoms with Gasteiger partial charge in [0, 0.05) is 40.9 Å². The lowest BCUT2D eigenvalue weighted by atomic mass is 9.83. The zero-order valence-corrected chi connectivity index (χ0v) is 17.0. The molecular weight excluding hydrogens is 461 g/mol. The quantitative estimate of drug-likeness (QED) is 0.505. The van der Waals surface area contributed by atoms with Crippen molar-refractivity contribution in [3.63, 3.8) is 0 Å². The predicted molar refractivity (Wildman–Crippen MR) is 112 cm³/mol. The molecule has 134 valence electrons. The molecule has 26 heavy (non-hydrogen) atoms. The number of aromatic nitrogens is 1. The molecule has 0 spiro atoms. The Hall–Kier alpha value is -1.74. The van der Waals surface area contributed by atoms with Crippen LogP contribution in [0.15, 0.2) is 47.3 Å². The first kappa shape index (κ1) is 17.7. The van der Waals surface area contributed by atoms with Gasteiger partial charge in [0.25, 0.3) is 11.5 Å². The number of rotatable bonds is 1. The Labute approximate surface area is 170 Å². The number of carbonyl (C=O) groups excluding carboxylic acids is 1. The third-order valence-electron chi connectivity index (χ3n) is 5.11. The Morgan fingerprint density at radius 2 is 1.92 bits per heavy atom. The lowest BCUT2D eigenvalue weighted by Crippen LogP contribution is -2.52. The van der Waals surface area contributed by atoms with Gasteiger partial charge < -0.3 is 9.47 Å². The van der Waals surface area contributed by atoms with E-state index in [1.54, 1.807) is 12.1 Å². The molecular formula is C19H18IN3O2S. The van der Waals surface area contributed by atoms with E-state index in [-0.39, 0.29) is 17.4 Å². The van der Waals surface area contributed by atoms with Gasteiger partial charge in [-0.15, -0.1) is 0 Å². The predicted octanol–water partition coefficient (Wildman–Crippen LogP) is 2.59. The summed E-state index contributed by atoms with van der Waals surface area (Å²) in [7, 11) is 0. The molecule has 3 heterocycles. The number of hydrogen-bond acceptors (Lipinski definition) is 3. The molecule has 1 saturated heterocycles. The molecule has 4 rings (SSSR count). The number of benzene rings is 1. The van der Waals surface area contributed by atoms with E-state index in [0.29, 0.717) is 16.6 Å². The molecule has 2 aromatic rings. The first-order valence-corrected chi connectivity index (χ1v) is 10.1. The molecule has 0 aliphatic carbocycles. The van der Waals surface area contributed by atoms with Crippen molar-refractivity contribution >= 4 is 45.8 Å². The third-order valence-corrected chi connectivity index (χ3v) is 6.41. The normalized spacial score (nSPS) is 21.0. The van der Waals surface area contributed by atoms with Crippen LogP contribution in [0.25, 0.3) is 0 Å². The molecule has 0 saturated carbocycles. The number of hydrogen-bond donors (Lipinski definition) is 1. The molecule has 2 unspecified atom stereocenters. The van der Waals surface area contributed by atoms with Gasteiger partial charge in [-0.25, -0.2) is 0 Å². The van der Waals surface area contributed by atoms with E-state index in [9.17, 15) is 9.59 Å². The summed E-state index contributed by atoms with van der Waals surface area (Å²) in [4.78, 5) is 26.7. The zero-order valence-electron chi connectivity index (χ0n) is 14.0.